The summed E-state index contributed by atoms with van der Waals surface area (Å²) < 4.78 is 26.4. The van der Waals surface area contributed by atoms with Crippen LogP contribution in [0.2, 0.25) is 0 Å². The van der Waals surface area contributed by atoms with E-state index in [1.165, 1.54) is 35.6 Å². The predicted molar refractivity (Wildman–Crippen MR) is 124 cm³/mol. The SMILES string of the molecule is CC[C@]1(c2ccccc2)NC(=O)N(CC(=O)Nc2ccc(S(=O)(=O)N(C)C(C)C)cc2)C1=O. The number of hydrogen-bond donors (Lipinski definition) is 2. The molecular weight excluding hydrogens is 444 g/mol. The second kappa shape index (κ2) is 9.32. The second-order valence-electron chi connectivity index (χ2n) is 8.13. The number of hydrogen-bond acceptors (Lipinski definition) is 5. The Bertz CT molecular complexity index is 1150. The molecule has 9 nitrogen and oxygen atoms in total. The number of carbonyl (C=O) groups excluding carboxylic acids is 3. The predicted octanol–water partition coefficient (Wildman–Crippen LogP) is 2.51. The van der Waals surface area contributed by atoms with Crippen LogP contribution in [0, 0.1) is 0 Å². The first-order valence-electron chi connectivity index (χ1n) is 10.6. The van der Waals surface area contributed by atoms with Crippen molar-refractivity contribution in [1.29, 1.82) is 0 Å². The van der Waals surface area contributed by atoms with Crippen LogP contribution >= 0.6 is 0 Å². The lowest BCUT2D eigenvalue weighted by Gasteiger charge is -2.25. The standard InChI is InChI=1S/C23H28N4O5S/c1-5-23(17-9-7-6-8-10-17)21(29)27(22(30)25-23)15-20(28)24-18-11-13-19(14-12-18)33(31,32)26(4)16(2)3/h6-14,16H,5,15H2,1-4H3,(H,24,28)(H,25,30)/t23-/m1/s1. The Morgan fingerprint density at radius 2 is 1.70 bits per heavy atom. The summed E-state index contributed by atoms with van der Waals surface area (Å²) in [6.45, 7) is 4.87. The van der Waals surface area contributed by atoms with Gasteiger partial charge in [0.05, 0.1) is 4.90 Å². The maximum atomic E-state index is 13.1. The van der Waals surface area contributed by atoms with Gasteiger partial charge in [0.15, 0.2) is 0 Å². The Labute approximate surface area is 193 Å². The van der Waals surface area contributed by atoms with Crippen LogP contribution in [-0.4, -0.2) is 55.1 Å². The van der Waals surface area contributed by atoms with Crippen molar-refractivity contribution in [3.05, 3.63) is 60.2 Å². The third-order valence-corrected chi connectivity index (χ3v) is 7.86. The van der Waals surface area contributed by atoms with Gasteiger partial charge in [0, 0.05) is 18.8 Å². The summed E-state index contributed by atoms with van der Waals surface area (Å²) in [4.78, 5) is 39.2. The third-order valence-electron chi connectivity index (χ3n) is 5.82. The van der Waals surface area contributed by atoms with E-state index in [0.29, 0.717) is 17.7 Å². The Morgan fingerprint density at radius 3 is 2.24 bits per heavy atom. The van der Waals surface area contributed by atoms with Crippen LogP contribution < -0.4 is 10.6 Å². The Hall–Kier alpha value is -3.24. The van der Waals surface area contributed by atoms with Gasteiger partial charge >= 0.3 is 6.03 Å². The minimum Gasteiger partial charge on any atom is -0.325 e. The fraction of sp³-hybridized carbons (Fsp3) is 0.348. The van der Waals surface area contributed by atoms with E-state index in [1.807, 2.05) is 6.07 Å². The molecule has 10 heteroatoms. The van der Waals surface area contributed by atoms with Crippen molar-refractivity contribution in [2.75, 3.05) is 18.9 Å². The number of nitrogens with zero attached hydrogens (tertiary/aromatic N) is 2. The molecule has 2 aromatic carbocycles. The highest BCUT2D eigenvalue weighted by molar-refractivity contribution is 7.89. The van der Waals surface area contributed by atoms with E-state index in [4.69, 9.17) is 0 Å². The van der Waals surface area contributed by atoms with Crippen molar-refractivity contribution >= 4 is 33.6 Å². The van der Waals surface area contributed by atoms with Crippen LogP contribution in [0.5, 0.6) is 0 Å². The maximum absolute atomic E-state index is 13.1. The quantitative estimate of drug-likeness (QED) is 0.573. The molecule has 4 amide bonds. The molecule has 3 rings (SSSR count). The minimum atomic E-state index is -3.64. The molecule has 0 spiro atoms. The fourth-order valence-electron chi connectivity index (χ4n) is 3.63. The average Bonchev–Trinajstić information content (AvgIpc) is 3.04. The molecule has 1 aliphatic heterocycles. The second-order valence-corrected chi connectivity index (χ2v) is 10.1. The smallest absolute Gasteiger partial charge is 0.325 e. The van der Waals surface area contributed by atoms with Crippen molar-refractivity contribution in [2.45, 2.75) is 43.7 Å². The topological polar surface area (TPSA) is 116 Å². The molecule has 1 saturated heterocycles. The van der Waals surface area contributed by atoms with Crippen molar-refractivity contribution in [3.63, 3.8) is 0 Å². The van der Waals surface area contributed by atoms with Gasteiger partial charge in [-0.3, -0.25) is 14.5 Å². The summed E-state index contributed by atoms with van der Waals surface area (Å²) in [6, 6.07) is 13.8. The van der Waals surface area contributed by atoms with E-state index < -0.39 is 40.0 Å². The molecule has 2 N–H and O–H groups in total. The highest BCUT2D eigenvalue weighted by atomic mass is 32.2. The molecule has 1 fully saturated rings. The molecule has 33 heavy (non-hydrogen) atoms. The van der Waals surface area contributed by atoms with E-state index in [-0.39, 0.29) is 10.9 Å². The van der Waals surface area contributed by atoms with Gasteiger partial charge in [-0.1, -0.05) is 37.3 Å². The minimum absolute atomic E-state index is 0.0985. The van der Waals surface area contributed by atoms with E-state index in [9.17, 15) is 22.8 Å². The molecule has 1 atom stereocenters. The lowest BCUT2D eigenvalue weighted by atomic mass is 9.87. The van der Waals surface area contributed by atoms with Crippen LogP contribution in [0.1, 0.15) is 32.8 Å². The fourth-order valence-corrected chi connectivity index (χ4v) is 5.00. The third kappa shape index (κ3) is 4.62. The monoisotopic (exact) mass is 472 g/mol. The van der Waals surface area contributed by atoms with Gasteiger partial charge in [0.25, 0.3) is 5.91 Å². The van der Waals surface area contributed by atoms with Crippen molar-refractivity contribution in [1.82, 2.24) is 14.5 Å². The lowest BCUT2D eigenvalue weighted by molar-refractivity contribution is -0.134. The molecule has 0 unspecified atom stereocenters. The number of urea groups is 1. The molecule has 1 aliphatic rings. The average molecular weight is 473 g/mol. The van der Waals surface area contributed by atoms with Crippen molar-refractivity contribution in [3.8, 4) is 0 Å². The summed E-state index contributed by atoms with van der Waals surface area (Å²) in [5, 5.41) is 5.34. The largest absolute Gasteiger partial charge is 0.325 e. The van der Waals surface area contributed by atoms with Gasteiger partial charge in [-0.15, -0.1) is 0 Å². The van der Waals surface area contributed by atoms with Gasteiger partial charge < -0.3 is 10.6 Å². The molecule has 0 aromatic heterocycles. The first-order chi connectivity index (χ1) is 15.5. The summed E-state index contributed by atoms with van der Waals surface area (Å²) in [7, 11) is -2.14. The molecule has 2 aromatic rings. The number of benzene rings is 2. The summed E-state index contributed by atoms with van der Waals surface area (Å²) in [6.07, 6.45) is 0.334. The molecule has 1 heterocycles. The van der Waals surface area contributed by atoms with Crippen LogP contribution in [0.15, 0.2) is 59.5 Å². The number of amides is 4. The number of carbonyl (C=O) groups is 3. The van der Waals surface area contributed by atoms with Gasteiger partial charge in [-0.05, 0) is 50.1 Å². The van der Waals surface area contributed by atoms with Gasteiger partial charge in [0.2, 0.25) is 15.9 Å². The first kappa shape index (κ1) is 24.4. The number of anilines is 1. The van der Waals surface area contributed by atoms with Crippen molar-refractivity contribution in [2.24, 2.45) is 0 Å². The van der Waals surface area contributed by atoms with Crippen LogP contribution in [0.3, 0.4) is 0 Å². The highest BCUT2D eigenvalue weighted by Crippen LogP contribution is 2.32. The van der Waals surface area contributed by atoms with Crippen LogP contribution in [0.4, 0.5) is 10.5 Å². The Kier molecular flexibility index (Phi) is 6.89. The lowest BCUT2D eigenvalue weighted by Crippen LogP contribution is -2.44. The highest BCUT2D eigenvalue weighted by Gasteiger charge is 2.51. The van der Waals surface area contributed by atoms with Gasteiger partial charge in [-0.25, -0.2) is 13.2 Å². The molecule has 0 bridgehead atoms. The first-order valence-corrected chi connectivity index (χ1v) is 12.0. The number of nitrogens with one attached hydrogen (secondary N) is 2. The molecule has 0 saturated carbocycles. The number of imide groups is 1. The normalized spacial score (nSPS) is 18.7. The summed E-state index contributed by atoms with van der Waals surface area (Å²) in [5.41, 5.74) is -0.211. The molecule has 0 aliphatic carbocycles. The maximum Gasteiger partial charge on any atom is 0.325 e. The Morgan fingerprint density at radius 1 is 1.09 bits per heavy atom. The van der Waals surface area contributed by atoms with Gasteiger partial charge in [0.1, 0.15) is 12.1 Å². The van der Waals surface area contributed by atoms with Crippen LogP contribution in [-0.2, 0) is 25.2 Å². The van der Waals surface area contributed by atoms with Crippen molar-refractivity contribution < 1.29 is 22.8 Å². The van der Waals surface area contributed by atoms with E-state index in [2.05, 4.69) is 10.6 Å². The van der Waals surface area contributed by atoms with Gasteiger partial charge in [-0.2, -0.15) is 4.31 Å². The van der Waals surface area contributed by atoms with E-state index in [1.54, 1.807) is 45.0 Å². The zero-order valence-electron chi connectivity index (χ0n) is 19.0. The summed E-state index contributed by atoms with van der Waals surface area (Å²) in [5.74, 6) is -1.07. The molecular formula is C23H28N4O5S. The van der Waals surface area contributed by atoms with Crippen LogP contribution in [0.25, 0.3) is 0 Å². The number of sulfonamides is 1. The zero-order chi connectivity index (χ0) is 24.4. The molecule has 0 radical (unpaired) electrons. The van der Waals surface area contributed by atoms with E-state index >= 15 is 0 Å². The number of rotatable bonds is 8. The Balaban J connectivity index is 1.71. The summed E-state index contributed by atoms with van der Waals surface area (Å²) >= 11 is 0. The van der Waals surface area contributed by atoms with E-state index in [0.717, 1.165) is 4.90 Å². The molecule has 176 valence electrons. The zero-order valence-corrected chi connectivity index (χ0v) is 19.8.